The fourth-order valence-corrected chi connectivity index (χ4v) is 4.05. The fraction of sp³-hybridized carbons (Fsp3) is 0.619. The third kappa shape index (κ3) is 5.89. The lowest BCUT2D eigenvalue weighted by Gasteiger charge is -2.36. The van der Waals surface area contributed by atoms with Gasteiger partial charge in [-0.2, -0.15) is 0 Å². The lowest BCUT2D eigenvalue weighted by atomic mass is 9.75. The monoisotopic (exact) mass is 394 g/mol. The number of thioether (sulfide) groups is 1. The molecule has 2 rings (SSSR count). The molecule has 1 aromatic rings. The van der Waals surface area contributed by atoms with E-state index in [1.165, 1.54) is 7.11 Å². The summed E-state index contributed by atoms with van der Waals surface area (Å²) in [7, 11) is 1.50. The zero-order chi connectivity index (χ0) is 20.0. The summed E-state index contributed by atoms with van der Waals surface area (Å²) >= 11 is 1.55. The van der Waals surface area contributed by atoms with Crippen molar-refractivity contribution < 1.29 is 23.8 Å². The number of methoxy groups -OCH3 is 1. The van der Waals surface area contributed by atoms with Gasteiger partial charge in [-0.15, -0.1) is 11.8 Å². The molecular formula is C21H30O5S. The minimum atomic E-state index is -0.589. The topological polar surface area (TPSA) is 61.8 Å². The summed E-state index contributed by atoms with van der Waals surface area (Å²) in [5, 5.41) is 0. The number of rotatable bonds is 7. The molecule has 0 radical (unpaired) electrons. The predicted octanol–water partition coefficient (Wildman–Crippen LogP) is 4.58. The van der Waals surface area contributed by atoms with Crippen molar-refractivity contribution in [3.05, 3.63) is 23.8 Å². The van der Waals surface area contributed by atoms with Crippen LogP contribution in [-0.2, 0) is 14.3 Å². The van der Waals surface area contributed by atoms with Gasteiger partial charge in [0.25, 0.3) is 0 Å². The average Bonchev–Trinajstić information content (AvgIpc) is 2.65. The highest BCUT2D eigenvalue weighted by atomic mass is 32.2. The first kappa shape index (κ1) is 21.6. The highest BCUT2D eigenvalue weighted by Crippen LogP contribution is 2.35. The molecule has 0 spiro atoms. The van der Waals surface area contributed by atoms with Crippen LogP contribution in [0.3, 0.4) is 0 Å². The third-order valence-corrected chi connectivity index (χ3v) is 5.92. The van der Waals surface area contributed by atoms with Crippen LogP contribution in [-0.4, -0.2) is 38.0 Å². The molecular weight excluding hydrogens is 364 g/mol. The Morgan fingerprint density at radius 1 is 1.26 bits per heavy atom. The van der Waals surface area contributed by atoms with Crippen molar-refractivity contribution in [1.82, 2.24) is 0 Å². The van der Waals surface area contributed by atoms with E-state index in [0.29, 0.717) is 29.1 Å². The Morgan fingerprint density at radius 2 is 2.00 bits per heavy atom. The van der Waals surface area contributed by atoms with Crippen LogP contribution in [0.5, 0.6) is 5.75 Å². The van der Waals surface area contributed by atoms with E-state index in [1.807, 2.05) is 12.3 Å². The van der Waals surface area contributed by atoms with Gasteiger partial charge in [0.1, 0.15) is 17.4 Å². The SMILES string of the molecule is COc1cc(SC)ccc1C(=O)OCC(=O)O[C@@H]1C[C@H](C)CC[C@H]1C(C)C. The number of hydrogen-bond acceptors (Lipinski definition) is 6. The first-order valence-electron chi connectivity index (χ1n) is 9.44. The summed E-state index contributed by atoms with van der Waals surface area (Å²) in [6.07, 6.45) is 4.94. The molecule has 0 saturated heterocycles. The maximum Gasteiger partial charge on any atom is 0.344 e. The highest BCUT2D eigenvalue weighted by Gasteiger charge is 2.33. The van der Waals surface area contributed by atoms with Crippen molar-refractivity contribution in [2.75, 3.05) is 20.0 Å². The van der Waals surface area contributed by atoms with Crippen LogP contribution in [0.4, 0.5) is 0 Å². The second kappa shape index (κ2) is 10.0. The van der Waals surface area contributed by atoms with E-state index in [0.717, 1.165) is 24.2 Å². The zero-order valence-corrected chi connectivity index (χ0v) is 17.6. The van der Waals surface area contributed by atoms with E-state index < -0.39 is 11.9 Å². The lowest BCUT2D eigenvalue weighted by molar-refractivity contribution is -0.159. The summed E-state index contributed by atoms with van der Waals surface area (Å²) < 4.78 is 16.1. The Kier molecular flexibility index (Phi) is 8.02. The maximum absolute atomic E-state index is 12.3. The van der Waals surface area contributed by atoms with Crippen molar-refractivity contribution in [3.63, 3.8) is 0 Å². The summed E-state index contributed by atoms with van der Waals surface area (Å²) in [5.74, 6) is 0.708. The molecule has 27 heavy (non-hydrogen) atoms. The zero-order valence-electron chi connectivity index (χ0n) is 16.8. The first-order chi connectivity index (χ1) is 12.8. The number of ether oxygens (including phenoxy) is 3. The molecule has 0 N–H and O–H groups in total. The number of benzene rings is 1. The van der Waals surface area contributed by atoms with Gasteiger partial charge in [0.2, 0.25) is 0 Å². The van der Waals surface area contributed by atoms with Gasteiger partial charge >= 0.3 is 11.9 Å². The Labute approximate surface area is 166 Å². The lowest BCUT2D eigenvalue weighted by Crippen LogP contribution is -2.36. The predicted molar refractivity (Wildman–Crippen MR) is 106 cm³/mol. The summed E-state index contributed by atoms with van der Waals surface area (Å²) in [4.78, 5) is 25.6. The van der Waals surface area contributed by atoms with Crippen LogP contribution < -0.4 is 4.74 Å². The van der Waals surface area contributed by atoms with Gasteiger partial charge < -0.3 is 14.2 Å². The van der Waals surface area contributed by atoms with Gasteiger partial charge in [-0.3, -0.25) is 0 Å². The smallest absolute Gasteiger partial charge is 0.344 e. The maximum atomic E-state index is 12.3. The molecule has 1 fully saturated rings. The standard InChI is InChI=1S/C21H30O5S/c1-13(2)16-8-6-14(3)10-19(16)26-20(22)12-25-21(23)17-9-7-15(27-5)11-18(17)24-4/h7,9,11,13-14,16,19H,6,8,10,12H2,1-5H3/t14-,16+,19-/m1/s1. The van der Waals surface area contributed by atoms with E-state index >= 15 is 0 Å². The first-order valence-corrected chi connectivity index (χ1v) is 10.7. The number of carbonyl (C=O) groups excluding carboxylic acids is 2. The summed E-state index contributed by atoms with van der Waals surface area (Å²) in [5.41, 5.74) is 0.300. The second-order valence-corrected chi connectivity index (χ2v) is 8.38. The molecule has 1 aromatic carbocycles. The fourth-order valence-electron chi connectivity index (χ4n) is 3.62. The van der Waals surface area contributed by atoms with Gasteiger partial charge in [0.15, 0.2) is 6.61 Å². The Hall–Kier alpha value is -1.69. The van der Waals surface area contributed by atoms with E-state index in [-0.39, 0.29) is 12.7 Å². The van der Waals surface area contributed by atoms with Crippen molar-refractivity contribution in [3.8, 4) is 5.75 Å². The number of hydrogen-bond donors (Lipinski definition) is 0. The minimum Gasteiger partial charge on any atom is -0.496 e. The minimum absolute atomic E-state index is 0.102. The molecule has 0 amide bonds. The molecule has 150 valence electrons. The van der Waals surface area contributed by atoms with Crippen molar-refractivity contribution in [1.29, 1.82) is 0 Å². The third-order valence-electron chi connectivity index (χ3n) is 5.19. The Bertz CT molecular complexity index is 658. The van der Waals surface area contributed by atoms with Crippen LogP contribution in [0.25, 0.3) is 0 Å². The van der Waals surface area contributed by atoms with Crippen LogP contribution in [0, 0.1) is 17.8 Å². The number of carbonyl (C=O) groups is 2. The molecule has 6 heteroatoms. The Balaban J connectivity index is 1.93. The van der Waals surface area contributed by atoms with E-state index in [9.17, 15) is 9.59 Å². The van der Waals surface area contributed by atoms with Gasteiger partial charge in [-0.25, -0.2) is 9.59 Å². The van der Waals surface area contributed by atoms with Crippen LogP contribution in [0.15, 0.2) is 23.1 Å². The Morgan fingerprint density at radius 3 is 2.63 bits per heavy atom. The van der Waals surface area contributed by atoms with Crippen LogP contribution in [0.1, 0.15) is 50.4 Å². The molecule has 0 bridgehead atoms. The number of esters is 2. The van der Waals surface area contributed by atoms with Gasteiger partial charge in [-0.05, 0) is 55.1 Å². The highest BCUT2D eigenvalue weighted by molar-refractivity contribution is 7.98. The molecule has 3 atom stereocenters. The second-order valence-electron chi connectivity index (χ2n) is 7.50. The summed E-state index contributed by atoms with van der Waals surface area (Å²) in [6, 6.07) is 5.24. The van der Waals surface area contributed by atoms with Crippen LogP contribution >= 0.6 is 11.8 Å². The van der Waals surface area contributed by atoms with Crippen molar-refractivity contribution >= 4 is 23.7 Å². The van der Waals surface area contributed by atoms with Crippen LogP contribution in [0.2, 0.25) is 0 Å². The quantitative estimate of drug-likeness (QED) is 0.498. The van der Waals surface area contributed by atoms with E-state index in [2.05, 4.69) is 20.8 Å². The normalized spacial score (nSPS) is 22.4. The summed E-state index contributed by atoms with van der Waals surface area (Å²) in [6.45, 7) is 6.11. The molecule has 1 aliphatic carbocycles. The van der Waals surface area contributed by atoms with Gasteiger partial charge in [-0.1, -0.05) is 27.2 Å². The van der Waals surface area contributed by atoms with E-state index in [1.54, 1.807) is 23.9 Å². The molecule has 1 aliphatic rings. The molecule has 1 saturated carbocycles. The molecule has 0 aromatic heterocycles. The van der Waals surface area contributed by atoms with Gasteiger partial charge in [0.05, 0.1) is 7.11 Å². The molecule has 0 unspecified atom stereocenters. The van der Waals surface area contributed by atoms with Crippen molar-refractivity contribution in [2.45, 2.75) is 51.0 Å². The largest absolute Gasteiger partial charge is 0.496 e. The molecule has 5 nitrogen and oxygen atoms in total. The van der Waals surface area contributed by atoms with E-state index in [4.69, 9.17) is 14.2 Å². The molecule has 0 aliphatic heterocycles. The average molecular weight is 395 g/mol. The van der Waals surface area contributed by atoms with Crippen molar-refractivity contribution in [2.24, 2.45) is 17.8 Å². The molecule has 0 heterocycles. The van der Waals surface area contributed by atoms with Gasteiger partial charge in [0, 0.05) is 4.90 Å².